The Morgan fingerprint density at radius 2 is 1.46 bits per heavy atom. The maximum Gasteiger partial charge on any atom is 0.416 e. The molecular formula is C38H31F3N2O4S. The number of halogens is 3. The molecule has 0 N–H and O–H groups in total. The minimum atomic E-state index is -4.57. The van der Waals surface area contributed by atoms with Gasteiger partial charge in [0.1, 0.15) is 16.8 Å². The molecule has 6 nitrogen and oxygen atoms in total. The molecule has 1 aromatic heterocycles. The van der Waals surface area contributed by atoms with Crippen LogP contribution in [0.1, 0.15) is 22.3 Å². The number of alkyl halides is 3. The van der Waals surface area contributed by atoms with E-state index >= 15 is 0 Å². The summed E-state index contributed by atoms with van der Waals surface area (Å²) in [4.78, 5) is 5.01. The summed E-state index contributed by atoms with van der Waals surface area (Å²) in [5.41, 5.74) is 3.23. The lowest BCUT2D eigenvalue weighted by Crippen LogP contribution is -2.31. The zero-order chi connectivity index (χ0) is 34.1. The molecule has 0 radical (unpaired) electrons. The van der Waals surface area contributed by atoms with Gasteiger partial charge in [-0.3, -0.25) is 0 Å². The molecule has 0 atom stereocenters. The van der Waals surface area contributed by atoms with Crippen LogP contribution in [0.2, 0.25) is 0 Å². The summed E-state index contributed by atoms with van der Waals surface area (Å²) in [5, 5.41) is 0.528. The van der Waals surface area contributed by atoms with E-state index in [4.69, 9.17) is 14.1 Å². The molecule has 0 fully saturated rings. The van der Waals surface area contributed by atoms with Crippen molar-refractivity contribution in [2.24, 2.45) is 0 Å². The third kappa shape index (κ3) is 6.84. The van der Waals surface area contributed by atoms with Gasteiger partial charge in [0.25, 0.3) is 10.0 Å². The summed E-state index contributed by atoms with van der Waals surface area (Å²) >= 11 is 0. The summed E-state index contributed by atoms with van der Waals surface area (Å²) in [6.07, 6.45) is -4.57. The third-order valence-corrected chi connectivity index (χ3v) is 9.61. The molecule has 48 heavy (non-hydrogen) atoms. The zero-order valence-electron chi connectivity index (χ0n) is 26.3. The third-order valence-electron chi connectivity index (χ3n) is 7.86. The van der Waals surface area contributed by atoms with Crippen LogP contribution < -0.4 is 9.04 Å². The maximum atomic E-state index is 14.7. The van der Waals surface area contributed by atoms with Gasteiger partial charge in [0.05, 0.1) is 24.1 Å². The van der Waals surface area contributed by atoms with E-state index in [1.54, 1.807) is 72.8 Å². The second kappa shape index (κ2) is 13.0. The van der Waals surface area contributed by atoms with Crippen LogP contribution in [0.5, 0.6) is 5.75 Å². The largest absolute Gasteiger partial charge is 0.497 e. The van der Waals surface area contributed by atoms with Crippen molar-refractivity contribution in [1.82, 2.24) is 4.98 Å². The van der Waals surface area contributed by atoms with Crippen molar-refractivity contribution in [3.05, 3.63) is 144 Å². The Bertz CT molecular complexity index is 2270. The van der Waals surface area contributed by atoms with Gasteiger partial charge in [0.15, 0.2) is 11.4 Å². The van der Waals surface area contributed by atoms with E-state index in [0.717, 1.165) is 23.3 Å². The minimum Gasteiger partial charge on any atom is -0.497 e. The fourth-order valence-corrected chi connectivity index (χ4v) is 6.68. The Balaban J connectivity index is 1.78. The number of benzene rings is 5. The fraction of sp³-hybridized carbons (Fsp3) is 0.132. The second-order valence-electron chi connectivity index (χ2n) is 11.4. The summed E-state index contributed by atoms with van der Waals surface area (Å²) < 4.78 is 83.5. The van der Waals surface area contributed by atoms with Crippen LogP contribution in [0.15, 0.2) is 131 Å². The standard InChI is InChI=1S/C38H31F3N2O4S/c1-25-9-18-32(19-10-25)48(44,45)43(24-27-7-5-4-6-8-27)37-33(28-12-15-30(16-13-28)38(39,40)41)22-29-14-17-31(46-3)23-35(29)47-36-21-26(2)11-20-34(36)42-37/h4-23H,24H2,1-3H3. The molecule has 244 valence electrons. The van der Waals surface area contributed by atoms with Gasteiger partial charge in [-0.25, -0.2) is 17.7 Å². The highest BCUT2D eigenvalue weighted by Gasteiger charge is 2.31. The molecule has 0 amide bonds. The first-order chi connectivity index (χ1) is 22.9. The van der Waals surface area contributed by atoms with Gasteiger partial charge < -0.3 is 9.15 Å². The Labute approximate surface area is 276 Å². The van der Waals surface area contributed by atoms with Gasteiger partial charge in [0, 0.05) is 17.0 Å². The first-order valence-electron chi connectivity index (χ1n) is 15.0. The van der Waals surface area contributed by atoms with Crippen molar-refractivity contribution in [2.75, 3.05) is 11.4 Å². The van der Waals surface area contributed by atoms with Crippen LogP contribution in [-0.2, 0) is 22.7 Å². The number of aryl methyl sites for hydroxylation is 2. The van der Waals surface area contributed by atoms with Gasteiger partial charge in [0.2, 0.25) is 0 Å². The van der Waals surface area contributed by atoms with Crippen molar-refractivity contribution in [1.29, 1.82) is 0 Å². The molecule has 0 aliphatic carbocycles. The smallest absolute Gasteiger partial charge is 0.416 e. The Morgan fingerprint density at radius 3 is 2.12 bits per heavy atom. The quantitative estimate of drug-likeness (QED) is 0.169. The number of hydrogen-bond acceptors (Lipinski definition) is 5. The summed E-state index contributed by atoms with van der Waals surface area (Å²) in [6, 6.07) is 32.3. The highest BCUT2D eigenvalue weighted by atomic mass is 32.2. The molecule has 0 bridgehead atoms. The summed E-state index contributed by atoms with van der Waals surface area (Å²) in [6.45, 7) is 3.63. The van der Waals surface area contributed by atoms with E-state index in [1.807, 2.05) is 26.0 Å². The number of anilines is 1. The monoisotopic (exact) mass is 668 g/mol. The lowest BCUT2D eigenvalue weighted by Gasteiger charge is -2.25. The average molecular weight is 669 g/mol. The molecule has 6 aromatic rings. The molecule has 10 heteroatoms. The van der Waals surface area contributed by atoms with Gasteiger partial charge in [-0.15, -0.1) is 0 Å². The highest BCUT2D eigenvalue weighted by molar-refractivity contribution is 7.92. The molecule has 1 heterocycles. The lowest BCUT2D eigenvalue weighted by molar-refractivity contribution is -0.137. The predicted molar refractivity (Wildman–Crippen MR) is 182 cm³/mol. The Morgan fingerprint density at radius 1 is 0.771 bits per heavy atom. The van der Waals surface area contributed by atoms with E-state index in [9.17, 15) is 21.6 Å². The van der Waals surface area contributed by atoms with Crippen molar-refractivity contribution in [3.63, 3.8) is 0 Å². The number of sulfonamides is 1. The van der Waals surface area contributed by atoms with Crippen molar-refractivity contribution in [2.45, 2.75) is 31.5 Å². The second-order valence-corrected chi connectivity index (χ2v) is 13.2. The van der Waals surface area contributed by atoms with Gasteiger partial charge >= 0.3 is 6.18 Å². The number of nitrogens with zero attached hydrogens (tertiary/aromatic N) is 2. The van der Waals surface area contributed by atoms with E-state index < -0.39 is 21.8 Å². The van der Waals surface area contributed by atoms with Crippen LogP contribution in [0.4, 0.5) is 19.0 Å². The van der Waals surface area contributed by atoms with Crippen LogP contribution in [0, 0.1) is 13.8 Å². The van der Waals surface area contributed by atoms with Gasteiger partial charge in [-0.1, -0.05) is 66.2 Å². The van der Waals surface area contributed by atoms with E-state index in [0.29, 0.717) is 38.9 Å². The van der Waals surface area contributed by atoms with Crippen LogP contribution in [0.3, 0.4) is 0 Å². The van der Waals surface area contributed by atoms with Crippen LogP contribution >= 0.6 is 0 Å². The average Bonchev–Trinajstić information content (AvgIpc) is 3.13. The highest BCUT2D eigenvalue weighted by Crippen LogP contribution is 2.38. The molecule has 0 saturated carbocycles. The SMILES string of the molecule is COc1ccc2cc(-c3ccc(C(F)(F)F)cc3)c(N(Cc3ccccc3)S(=O)(=O)c3ccc(C)cc3)nc3ccc(C)cc3oc2c1. The number of fused-ring (bicyclic) bond motifs is 2. The predicted octanol–water partition coefficient (Wildman–Crippen LogP) is 9.81. The van der Waals surface area contributed by atoms with Crippen LogP contribution in [0.25, 0.3) is 33.2 Å². The van der Waals surface area contributed by atoms with Crippen molar-refractivity contribution < 1.29 is 30.7 Å². The zero-order valence-corrected chi connectivity index (χ0v) is 27.1. The van der Waals surface area contributed by atoms with E-state index in [1.165, 1.54) is 35.7 Å². The molecule has 0 aliphatic rings. The number of methoxy groups -OCH3 is 1. The molecule has 6 rings (SSSR count). The molecule has 5 aromatic carbocycles. The number of aromatic nitrogens is 1. The molecule has 0 aliphatic heterocycles. The first kappa shape index (κ1) is 32.6. The summed E-state index contributed by atoms with van der Waals surface area (Å²) in [5.74, 6) is 0.511. The topological polar surface area (TPSA) is 72.6 Å². The minimum absolute atomic E-state index is 0.00319. The molecule has 0 saturated heterocycles. The lowest BCUT2D eigenvalue weighted by atomic mass is 10.0. The molecule has 0 spiro atoms. The van der Waals surface area contributed by atoms with E-state index in [-0.39, 0.29) is 22.8 Å². The Hall–Kier alpha value is -5.35. The number of ether oxygens (including phenoxy) is 1. The normalized spacial score (nSPS) is 11.8. The molecule has 0 unspecified atom stereocenters. The fourth-order valence-electron chi connectivity index (χ4n) is 5.26. The molecular weight excluding hydrogens is 637 g/mol. The van der Waals surface area contributed by atoms with Gasteiger partial charge in [-0.05, 0) is 85.1 Å². The number of rotatable bonds is 7. The summed E-state index contributed by atoms with van der Waals surface area (Å²) in [7, 11) is -2.78. The van der Waals surface area contributed by atoms with E-state index in [2.05, 4.69) is 0 Å². The maximum absolute atomic E-state index is 14.7. The van der Waals surface area contributed by atoms with Crippen molar-refractivity contribution in [3.8, 4) is 16.9 Å². The Kier molecular flexibility index (Phi) is 8.85. The van der Waals surface area contributed by atoms with Crippen LogP contribution in [-0.4, -0.2) is 20.5 Å². The van der Waals surface area contributed by atoms with Gasteiger partial charge in [-0.2, -0.15) is 13.2 Å². The van der Waals surface area contributed by atoms with Crippen molar-refractivity contribution >= 4 is 37.9 Å². The first-order valence-corrected chi connectivity index (χ1v) is 16.4. The number of hydrogen-bond donors (Lipinski definition) is 0.